The number of pyridine rings is 1. The van der Waals surface area contributed by atoms with E-state index < -0.39 is 11.6 Å². The molecular weight excluding hydrogens is 464 g/mol. The molecule has 1 amide bonds. The number of fused-ring (bicyclic) bond motifs is 1. The van der Waals surface area contributed by atoms with Crippen LogP contribution in [0.3, 0.4) is 0 Å². The Balaban J connectivity index is 1.15. The summed E-state index contributed by atoms with van der Waals surface area (Å²) in [7, 11) is 0. The van der Waals surface area contributed by atoms with Crippen molar-refractivity contribution in [2.75, 3.05) is 18.4 Å². The van der Waals surface area contributed by atoms with Gasteiger partial charge in [0.25, 0.3) is 0 Å². The minimum absolute atomic E-state index is 0.129. The van der Waals surface area contributed by atoms with Crippen LogP contribution in [0.15, 0.2) is 48.9 Å². The molecule has 1 N–H and O–H groups in total. The van der Waals surface area contributed by atoms with Crippen LogP contribution in [-0.2, 0) is 11.2 Å². The number of hydrogen-bond acceptors (Lipinski definition) is 4. The Morgan fingerprint density at radius 1 is 1.17 bits per heavy atom. The zero-order valence-electron chi connectivity index (χ0n) is 20.2. The van der Waals surface area contributed by atoms with Crippen LogP contribution in [0.2, 0.25) is 0 Å². The molecule has 3 aliphatic rings. The van der Waals surface area contributed by atoms with Crippen molar-refractivity contribution in [1.29, 1.82) is 0 Å². The predicted octanol–water partition coefficient (Wildman–Crippen LogP) is 3.93. The van der Waals surface area contributed by atoms with Gasteiger partial charge in [-0.15, -0.1) is 0 Å². The lowest BCUT2D eigenvalue weighted by atomic mass is 9.77. The zero-order chi connectivity index (χ0) is 25.0. The molecule has 2 fully saturated rings. The van der Waals surface area contributed by atoms with Gasteiger partial charge < -0.3 is 15.1 Å². The summed E-state index contributed by atoms with van der Waals surface area (Å²) in [4.78, 5) is 20.0. The Bertz CT molecular complexity index is 1280. The molecule has 3 atom stereocenters. The molecule has 1 aromatic carbocycles. The Hall–Kier alpha value is -3.33. The molecule has 2 aromatic heterocycles. The number of likely N-dealkylation sites (tertiary alicyclic amines) is 1. The van der Waals surface area contributed by atoms with Crippen molar-refractivity contribution in [3.05, 3.63) is 82.7 Å². The molecule has 1 saturated carbocycles. The minimum atomic E-state index is -0.601. The summed E-state index contributed by atoms with van der Waals surface area (Å²) in [6.45, 7) is 3.53. The molecular formula is C27H29F2N5O2. The number of aromatic nitrogens is 3. The number of nitrogens with one attached hydrogen (secondary N) is 1. The van der Waals surface area contributed by atoms with Crippen molar-refractivity contribution >= 4 is 11.7 Å². The Morgan fingerprint density at radius 3 is 2.58 bits per heavy atom. The number of nitrogens with zero attached hydrogens (tertiary/aromatic N) is 4. The standard InChI is InChI=1S/C27H29F2N5O2/c1-17(32-11-8-27(6-7-27)22(15-32)18-4-9-33(36)10-5-18)26(35)31-24-16-34-23(2-3-25(34)30-24)19-12-20(28)14-21(29)13-19/h4-5,9-10,12-14,16-17,22-23H,2-3,6-8,11,15H2,1H3,(H,31,35)/t17-,22-,23+/m0/s1. The van der Waals surface area contributed by atoms with Gasteiger partial charge in [0.15, 0.2) is 18.2 Å². The van der Waals surface area contributed by atoms with Gasteiger partial charge in [0, 0.05) is 43.3 Å². The van der Waals surface area contributed by atoms with Crippen LogP contribution < -0.4 is 10.0 Å². The van der Waals surface area contributed by atoms with Crippen LogP contribution in [0, 0.1) is 22.3 Å². The monoisotopic (exact) mass is 493 g/mol. The van der Waals surface area contributed by atoms with Gasteiger partial charge in [-0.1, -0.05) is 0 Å². The quantitative estimate of drug-likeness (QED) is 0.432. The molecule has 0 unspecified atom stereocenters. The molecule has 6 rings (SSSR count). The van der Waals surface area contributed by atoms with Gasteiger partial charge in [-0.3, -0.25) is 9.69 Å². The van der Waals surface area contributed by atoms with Crippen molar-refractivity contribution in [3.8, 4) is 0 Å². The van der Waals surface area contributed by atoms with E-state index in [0.29, 0.717) is 30.1 Å². The topological polar surface area (TPSA) is 77.1 Å². The molecule has 7 nitrogen and oxygen atoms in total. The number of benzene rings is 1. The normalized spacial score (nSPS) is 23.4. The van der Waals surface area contributed by atoms with Crippen LogP contribution in [0.4, 0.5) is 14.6 Å². The van der Waals surface area contributed by atoms with Crippen LogP contribution in [0.1, 0.15) is 61.5 Å². The van der Waals surface area contributed by atoms with Gasteiger partial charge >= 0.3 is 0 Å². The molecule has 0 radical (unpaired) electrons. The largest absolute Gasteiger partial charge is 0.619 e. The van der Waals surface area contributed by atoms with Gasteiger partial charge in [0.1, 0.15) is 17.5 Å². The molecule has 0 bridgehead atoms. The molecule has 1 aliphatic carbocycles. The number of halogens is 2. The highest BCUT2D eigenvalue weighted by Crippen LogP contribution is 2.60. The summed E-state index contributed by atoms with van der Waals surface area (Å²) in [5.74, 6) is 0.218. The molecule has 1 spiro atoms. The van der Waals surface area contributed by atoms with Gasteiger partial charge in [-0.05, 0) is 67.8 Å². The maximum absolute atomic E-state index is 13.8. The van der Waals surface area contributed by atoms with E-state index in [2.05, 4.69) is 15.2 Å². The molecule has 1 saturated heterocycles. The smallest absolute Gasteiger partial charge is 0.242 e. The second kappa shape index (κ2) is 8.65. The highest BCUT2D eigenvalue weighted by atomic mass is 19.1. The van der Waals surface area contributed by atoms with E-state index >= 15 is 0 Å². The molecule has 188 valence electrons. The summed E-state index contributed by atoms with van der Waals surface area (Å²) in [5.41, 5.74) is 2.01. The lowest BCUT2D eigenvalue weighted by Crippen LogP contribution is -2.49. The third-order valence-electron chi connectivity index (χ3n) is 8.41. The summed E-state index contributed by atoms with van der Waals surface area (Å²) < 4.78 is 30.2. The van der Waals surface area contributed by atoms with E-state index in [1.165, 1.54) is 25.0 Å². The summed E-state index contributed by atoms with van der Waals surface area (Å²) in [6.07, 6.45) is 9.65. The number of amides is 1. The summed E-state index contributed by atoms with van der Waals surface area (Å²) >= 11 is 0. The number of carbonyl (C=O) groups is 1. The third-order valence-corrected chi connectivity index (χ3v) is 8.41. The minimum Gasteiger partial charge on any atom is -0.619 e. The first-order valence-electron chi connectivity index (χ1n) is 12.6. The molecule has 9 heteroatoms. The van der Waals surface area contributed by atoms with Crippen molar-refractivity contribution in [2.24, 2.45) is 5.41 Å². The van der Waals surface area contributed by atoms with Gasteiger partial charge in [-0.25, -0.2) is 13.8 Å². The molecule has 3 aromatic rings. The van der Waals surface area contributed by atoms with Crippen LogP contribution in [0.5, 0.6) is 0 Å². The van der Waals surface area contributed by atoms with Crippen molar-refractivity contribution in [3.63, 3.8) is 0 Å². The van der Waals surface area contributed by atoms with Crippen molar-refractivity contribution < 1.29 is 18.3 Å². The third kappa shape index (κ3) is 4.15. The second-order valence-corrected chi connectivity index (χ2v) is 10.5. The number of anilines is 1. The lowest BCUT2D eigenvalue weighted by Gasteiger charge is -2.41. The van der Waals surface area contributed by atoms with E-state index in [1.807, 2.05) is 23.6 Å². The van der Waals surface area contributed by atoms with Crippen molar-refractivity contribution in [2.45, 2.75) is 57.0 Å². The first-order chi connectivity index (χ1) is 17.3. The molecule has 36 heavy (non-hydrogen) atoms. The van der Waals surface area contributed by atoms with Crippen molar-refractivity contribution in [1.82, 2.24) is 14.5 Å². The average Bonchev–Trinajstić information content (AvgIpc) is 3.33. The van der Waals surface area contributed by atoms with Gasteiger partial charge in [0.2, 0.25) is 5.91 Å². The molecule has 4 heterocycles. The number of aryl methyl sites for hydroxylation is 1. The number of carbonyl (C=O) groups excluding carboxylic acids is 1. The highest BCUT2D eigenvalue weighted by molar-refractivity contribution is 5.93. The Morgan fingerprint density at radius 2 is 1.89 bits per heavy atom. The van der Waals surface area contributed by atoms with E-state index in [-0.39, 0.29) is 23.4 Å². The van der Waals surface area contributed by atoms with Crippen LogP contribution in [-0.4, -0.2) is 39.5 Å². The first kappa shape index (κ1) is 23.1. The van der Waals surface area contributed by atoms with Crippen LogP contribution >= 0.6 is 0 Å². The molecule has 2 aliphatic heterocycles. The fourth-order valence-corrected chi connectivity index (χ4v) is 6.13. The van der Waals surface area contributed by atoms with E-state index in [0.717, 1.165) is 41.7 Å². The predicted molar refractivity (Wildman–Crippen MR) is 129 cm³/mol. The second-order valence-electron chi connectivity index (χ2n) is 10.5. The number of rotatable bonds is 5. The first-order valence-corrected chi connectivity index (χ1v) is 12.6. The van der Waals surface area contributed by atoms with E-state index in [4.69, 9.17) is 0 Å². The Labute approximate surface area is 208 Å². The fraction of sp³-hybridized carbons (Fsp3) is 0.444. The maximum atomic E-state index is 13.8. The summed E-state index contributed by atoms with van der Waals surface area (Å²) in [6, 6.07) is 6.82. The average molecular weight is 494 g/mol. The fourth-order valence-electron chi connectivity index (χ4n) is 6.13. The number of piperidine rings is 1. The number of imidazole rings is 1. The van der Waals surface area contributed by atoms with Gasteiger partial charge in [0.05, 0.1) is 12.1 Å². The van der Waals surface area contributed by atoms with Gasteiger partial charge in [-0.2, -0.15) is 4.73 Å². The lowest BCUT2D eigenvalue weighted by molar-refractivity contribution is -0.605. The van der Waals surface area contributed by atoms with E-state index in [9.17, 15) is 18.8 Å². The highest BCUT2D eigenvalue weighted by Gasteiger charge is 2.53. The summed E-state index contributed by atoms with van der Waals surface area (Å²) in [5, 5.41) is 14.5. The maximum Gasteiger partial charge on any atom is 0.242 e. The van der Waals surface area contributed by atoms with E-state index in [1.54, 1.807) is 18.6 Å². The zero-order valence-corrected chi connectivity index (χ0v) is 20.2. The SMILES string of the molecule is C[C@@H](C(=O)Nc1cn2c(n1)CC[C@@H]2c1cc(F)cc(F)c1)N1CCC2(CC2)[C@H](c2cc[n+]([O-])cc2)C1. The van der Waals surface area contributed by atoms with Crippen LogP contribution in [0.25, 0.3) is 0 Å². The Kier molecular flexibility index (Phi) is 5.55. The number of hydrogen-bond donors (Lipinski definition) is 1.